The average molecular weight is 293 g/mol. The average Bonchev–Trinajstić information content (AvgIpc) is 2.49. The van der Waals surface area contributed by atoms with E-state index in [0.29, 0.717) is 12.2 Å². The minimum Gasteiger partial charge on any atom is -0.504 e. The number of benzene rings is 2. The summed E-state index contributed by atoms with van der Waals surface area (Å²) in [5.41, 5.74) is 6.78. The highest BCUT2D eigenvalue weighted by atomic mass is 19.1. The SMILES string of the molecule is COc1cc(CC(CN)c2cc(F)ccc2F)ccc1O. The van der Waals surface area contributed by atoms with Gasteiger partial charge < -0.3 is 15.6 Å². The summed E-state index contributed by atoms with van der Waals surface area (Å²) >= 11 is 0. The van der Waals surface area contributed by atoms with Crippen molar-refractivity contribution in [3.63, 3.8) is 0 Å². The molecule has 1 unspecified atom stereocenters. The van der Waals surface area contributed by atoms with Gasteiger partial charge in [-0.15, -0.1) is 0 Å². The van der Waals surface area contributed by atoms with Crippen LogP contribution in [0.5, 0.6) is 11.5 Å². The quantitative estimate of drug-likeness (QED) is 0.891. The second kappa shape index (κ2) is 6.54. The van der Waals surface area contributed by atoms with Crippen molar-refractivity contribution in [3.8, 4) is 11.5 Å². The normalized spacial score (nSPS) is 12.2. The first-order valence-electron chi connectivity index (χ1n) is 6.56. The van der Waals surface area contributed by atoms with Gasteiger partial charge in [0.05, 0.1) is 7.11 Å². The van der Waals surface area contributed by atoms with Gasteiger partial charge in [0.25, 0.3) is 0 Å². The van der Waals surface area contributed by atoms with E-state index in [-0.39, 0.29) is 23.8 Å². The zero-order valence-corrected chi connectivity index (χ0v) is 11.6. The van der Waals surface area contributed by atoms with Crippen molar-refractivity contribution in [1.82, 2.24) is 0 Å². The summed E-state index contributed by atoms with van der Waals surface area (Å²) in [6.07, 6.45) is 0.424. The minimum atomic E-state index is -0.492. The van der Waals surface area contributed by atoms with Gasteiger partial charge >= 0.3 is 0 Å². The number of rotatable bonds is 5. The Morgan fingerprint density at radius 2 is 1.95 bits per heavy atom. The van der Waals surface area contributed by atoms with Crippen LogP contribution in [-0.2, 0) is 6.42 Å². The van der Waals surface area contributed by atoms with Gasteiger partial charge in [-0.1, -0.05) is 6.07 Å². The Bertz CT molecular complexity index is 632. The second-order valence-electron chi connectivity index (χ2n) is 4.81. The molecular formula is C16H17F2NO2. The summed E-state index contributed by atoms with van der Waals surface area (Å²) in [6.45, 7) is 0.184. The molecule has 0 saturated carbocycles. The molecule has 0 radical (unpaired) electrons. The molecule has 1 atom stereocenters. The number of phenols is 1. The van der Waals surface area contributed by atoms with E-state index in [4.69, 9.17) is 10.5 Å². The van der Waals surface area contributed by atoms with Crippen molar-refractivity contribution in [2.75, 3.05) is 13.7 Å². The molecule has 2 aromatic rings. The van der Waals surface area contributed by atoms with Gasteiger partial charge in [-0.3, -0.25) is 0 Å². The molecule has 3 N–H and O–H groups in total. The van der Waals surface area contributed by atoms with Crippen LogP contribution in [0, 0.1) is 11.6 Å². The molecule has 21 heavy (non-hydrogen) atoms. The smallest absolute Gasteiger partial charge is 0.160 e. The largest absolute Gasteiger partial charge is 0.504 e. The fraction of sp³-hybridized carbons (Fsp3) is 0.250. The Kier molecular flexibility index (Phi) is 4.75. The maximum atomic E-state index is 13.8. The minimum absolute atomic E-state index is 0.0301. The Hall–Kier alpha value is -2.14. The molecule has 0 aliphatic rings. The molecular weight excluding hydrogens is 276 g/mol. The molecule has 0 saturated heterocycles. The predicted molar refractivity (Wildman–Crippen MR) is 76.5 cm³/mol. The maximum Gasteiger partial charge on any atom is 0.160 e. The van der Waals surface area contributed by atoms with Crippen molar-refractivity contribution in [3.05, 3.63) is 59.2 Å². The molecule has 112 valence electrons. The van der Waals surface area contributed by atoms with Crippen LogP contribution >= 0.6 is 0 Å². The number of methoxy groups -OCH3 is 1. The topological polar surface area (TPSA) is 55.5 Å². The van der Waals surface area contributed by atoms with E-state index in [9.17, 15) is 13.9 Å². The van der Waals surface area contributed by atoms with Crippen molar-refractivity contribution < 1.29 is 18.6 Å². The third kappa shape index (κ3) is 3.49. The highest BCUT2D eigenvalue weighted by Crippen LogP contribution is 2.29. The summed E-state index contributed by atoms with van der Waals surface area (Å²) in [4.78, 5) is 0. The van der Waals surface area contributed by atoms with E-state index in [0.717, 1.165) is 17.7 Å². The molecule has 2 rings (SSSR count). The molecule has 0 aliphatic carbocycles. The zero-order chi connectivity index (χ0) is 15.4. The van der Waals surface area contributed by atoms with Gasteiger partial charge in [0.1, 0.15) is 11.6 Å². The Labute approximate surface area is 122 Å². The standard InChI is InChI=1S/C16H17F2NO2/c1-21-16-7-10(2-5-15(16)20)6-11(9-19)13-8-12(17)3-4-14(13)18/h2-5,7-8,11,20H,6,9,19H2,1H3. The summed E-state index contributed by atoms with van der Waals surface area (Å²) in [6, 6.07) is 8.22. The third-order valence-corrected chi connectivity index (χ3v) is 3.41. The lowest BCUT2D eigenvalue weighted by Crippen LogP contribution is -2.16. The van der Waals surface area contributed by atoms with Crippen LogP contribution in [0.4, 0.5) is 8.78 Å². The fourth-order valence-electron chi connectivity index (χ4n) is 2.28. The maximum absolute atomic E-state index is 13.8. The Balaban J connectivity index is 2.29. The van der Waals surface area contributed by atoms with Crippen LogP contribution in [0.3, 0.4) is 0 Å². The lowest BCUT2D eigenvalue weighted by Gasteiger charge is -2.17. The lowest BCUT2D eigenvalue weighted by molar-refractivity contribution is 0.373. The van der Waals surface area contributed by atoms with Crippen molar-refractivity contribution in [2.45, 2.75) is 12.3 Å². The number of nitrogens with two attached hydrogens (primary N) is 1. The molecule has 0 spiro atoms. The van der Waals surface area contributed by atoms with Gasteiger partial charge in [-0.2, -0.15) is 0 Å². The van der Waals surface area contributed by atoms with Gasteiger partial charge in [-0.05, 0) is 54.4 Å². The number of aromatic hydroxyl groups is 1. The van der Waals surface area contributed by atoms with Crippen LogP contribution in [-0.4, -0.2) is 18.8 Å². The molecule has 0 bridgehead atoms. The van der Waals surface area contributed by atoms with Gasteiger partial charge in [0, 0.05) is 5.92 Å². The number of ether oxygens (including phenoxy) is 1. The fourth-order valence-corrected chi connectivity index (χ4v) is 2.28. The Morgan fingerprint density at radius 1 is 1.19 bits per heavy atom. The van der Waals surface area contributed by atoms with E-state index < -0.39 is 11.6 Å². The van der Waals surface area contributed by atoms with E-state index in [1.165, 1.54) is 19.2 Å². The zero-order valence-electron chi connectivity index (χ0n) is 11.6. The van der Waals surface area contributed by atoms with Gasteiger partial charge in [0.2, 0.25) is 0 Å². The second-order valence-corrected chi connectivity index (χ2v) is 4.81. The van der Waals surface area contributed by atoms with Crippen LogP contribution in [0.1, 0.15) is 17.0 Å². The first-order valence-corrected chi connectivity index (χ1v) is 6.56. The molecule has 5 heteroatoms. The Morgan fingerprint density at radius 3 is 2.62 bits per heavy atom. The van der Waals surface area contributed by atoms with Crippen LogP contribution in [0.2, 0.25) is 0 Å². The number of hydrogen-bond donors (Lipinski definition) is 2. The monoisotopic (exact) mass is 293 g/mol. The summed E-state index contributed by atoms with van der Waals surface area (Å²) < 4.78 is 32.2. The molecule has 0 amide bonds. The van der Waals surface area contributed by atoms with E-state index in [1.807, 2.05) is 0 Å². The van der Waals surface area contributed by atoms with Crippen LogP contribution in [0.25, 0.3) is 0 Å². The van der Waals surface area contributed by atoms with Crippen molar-refractivity contribution >= 4 is 0 Å². The predicted octanol–water partition coefficient (Wildman–Crippen LogP) is 2.96. The van der Waals surface area contributed by atoms with E-state index in [1.54, 1.807) is 12.1 Å². The molecule has 2 aromatic carbocycles. The van der Waals surface area contributed by atoms with Crippen molar-refractivity contribution in [2.24, 2.45) is 5.73 Å². The molecule has 0 heterocycles. The first kappa shape index (κ1) is 15.3. The summed E-state index contributed by atoms with van der Waals surface area (Å²) in [7, 11) is 1.45. The van der Waals surface area contributed by atoms with Crippen molar-refractivity contribution in [1.29, 1.82) is 0 Å². The highest BCUT2D eigenvalue weighted by Gasteiger charge is 2.17. The number of hydrogen-bond acceptors (Lipinski definition) is 3. The van der Waals surface area contributed by atoms with Crippen LogP contribution < -0.4 is 10.5 Å². The molecule has 0 aliphatic heterocycles. The summed E-state index contributed by atoms with van der Waals surface area (Å²) in [5.74, 6) is -0.953. The molecule has 3 nitrogen and oxygen atoms in total. The van der Waals surface area contributed by atoms with Gasteiger partial charge in [0.15, 0.2) is 11.5 Å². The highest BCUT2D eigenvalue weighted by molar-refractivity contribution is 5.42. The van der Waals surface area contributed by atoms with E-state index >= 15 is 0 Å². The van der Waals surface area contributed by atoms with E-state index in [2.05, 4.69) is 0 Å². The van der Waals surface area contributed by atoms with Gasteiger partial charge in [-0.25, -0.2) is 8.78 Å². The third-order valence-electron chi connectivity index (χ3n) is 3.41. The first-order chi connectivity index (χ1) is 10.0. The molecule has 0 aromatic heterocycles. The van der Waals surface area contributed by atoms with Crippen LogP contribution in [0.15, 0.2) is 36.4 Å². The summed E-state index contributed by atoms with van der Waals surface area (Å²) in [5, 5.41) is 9.56. The number of halogens is 2. The molecule has 0 fully saturated rings. The number of phenolic OH excluding ortho intramolecular Hbond substituents is 1. The lowest BCUT2D eigenvalue weighted by atomic mass is 9.91.